The summed E-state index contributed by atoms with van der Waals surface area (Å²) in [5.74, 6) is 0.000995. The predicted molar refractivity (Wildman–Crippen MR) is 110 cm³/mol. The third-order valence-corrected chi connectivity index (χ3v) is 8.68. The molecule has 2 N–H and O–H groups in total. The number of piperidine rings is 1. The minimum Gasteiger partial charge on any atom is -0.392 e. The number of nitrogens with zero attached hydrogens (tertiary/aromatic N) is 1. The largest absolute Gasteiger partial charge is 0.392 e. The highest BCUT2D eigenvalue weighted by molar-refractivity contribution is 7.88. The number of hydrogen-bond acceptors (Lipinski definition) is 4. The van der Waals surface area contributed by atoms with Crippen LogP contribution >= 0.6 is 0 Å². The molecule has 0 radical (unpaired) electrons. The van der Waals surface area contributed by atoms with E-state index in [0.29, 0.717) is 0 Å². The number of fused-ring (bicyclic) bond motifs is 1. The van der Waals surface area contributed by atoms with Gasteiger partial charge < -0.3 is 10.0 Å². The monoisotopic (exact) mass is 414 g/mol. The van der Waals surface area contributed by atoms with Crippen molar-refractivity contribution in [2.45, 2.75) is 77.9 Å². The van der Waals surface area contributed by atoms with Crippen LogP contribution in [0.2, 0.25) is 0 Å². The van der Waals surface area contributed by atoms with Crippen molar-refractivity contribution in [1.82, 2.24) is 9.62 Å². The zero-order chi connectivity index (χ0) is 20.7. The number of hydrogen-bond donors (Lipinski definition) is 2. The first-order chi connectivity index (χ1) is 13.0. The fourth-order valence-electron chi connectivity index (χ4n) is 6.32. The van der Waals surface area contributed by atoms with E-state index in [2.05, 4.69) is 18.6 Å². The lowest BCUT2D eigenvalue weighted by Gasteiger charge is -2.56. The quantitative estimate of drug-likeness (QED) is 0.739. The standard InChI is InChI=1S/C21H38N2O4S/c1-14(20(25)23-12-6-5-7-13-23)16-8-10-21(3)11-9-17(22-28(4,26)27)15(2)18(21)19(16)24/h14-19,22,24H,5-13H2,1-4H3/t14-,15+,16-,17-,18+,19-,21-/m0/s1. The second-order valence-electron chi connectivity index (χ2n) is 9.94. The fourth-order valence-corrected chi connectivity index (χ4v) is 7.20. The molecule has 0 aromatic heterocycles. The molecule has 1 aliphatic heterocycles. The summed E-state index contributed by atoms with van der Waals surface area (Å²) in [5.41, 5.74) is 0.0128. The average molecular weight is 415 g/mol. The topological polar surface area (TPSA) is 86.7 Å². The van der Waals surface area contributed by atoms with Crippen LogP contribution in [0.4, 0.5) is 0 Å². The molecule has 2 saturated carbocycles. The maximum Gasteiger partial charge on any atom is 0.225 e. The molecular formula is C21H38N2O4S. The van der Waals surface area contributed by atoms with Gasteiger partial charge in [0, 0.05) is 25.0 Å². The molecule has 7 heteroatoms. The molecule has 0 aromatic carbocycles. The normalized spacial score (nSPS) is 40.6. The molecule has 0 spiro atoms. The van der Waals surface area contributed by atoms with Gasteiger partial charge >= 0.3 is 0 Å². The summed E-state index contributed by atoms with van der Waals surface area (Å²) in [6.07, 6.45) is 7.54. The molecule has 2 aliphatic carbocycles. The first kappa shape index (κ1) is 22.0. The smallest absolute Gasteiger partial charge is 0.225 e. The Morgan fingerprint density at radius 3 is 2.39 bits per heavy atom. The Hall–Kier alpha value is -0.660. The van der Waals surface area contributed by atoms with E-state index in [4.69, 9.17) is 0 Å². The molecule has 0 bridgehead atoms. The minimum absolute atomic E-state index is 0.0101. The molecule has 0 aromatic rings. The van der Waals surface area contributed by atoms with E-state index in [1.54, 1.807) is 0 Å². The summed E-state index contributed by atoms with van der Waals surface area (Å²) in [4.78, 5) is 15.0. The van der Waals surface area contributed by atoms with E-state index in [1.807, 2.05) is 11.8 Å². The van der Waals surface area contributed by atoms with E-state index in [-0.39, 0.29) is 41.0 Å². The highest BCUT2D eigenvalue weighted by atomic mass is 32.2. The summed E-state index contributed by atoms with van der Waals surface area (Å²) in [7, 11) is -3.28. The van der Waals surface area contributed by atoms with Crippen LogP contribution in [0, 0.1) is 29.1 Å². The Bertz CT molecular complexity index is 676. The van der Waals surface area contributed by atoms with Gasteiger partial charge in [-0.1, -0.05) is 20.8 Å². The van der Waals surface area contributed by atoms with Gasteiger partial charge in [-0.15, -0.1) is 0 Å². The van der Waals surface area contributed by atoms with Crippen LogP contribution in [0.1, 0.15) is 65.7 Å². The molecule has 3 aliphatic rings. The molecule has 3 rings (SSSR count). The number of aliphatic hydroxyl groups is 1. The maximum atomic E-state index is 13.0. The molecule has 1 heterocycles. The first-order valence-corrected chi connectivity index (χ1v) is 12.9. The molecule has 3 fully saturated rings. The average Bonchev–Trinajstić information content (AvgIpc) is 2.63. The van der Waals surface area contributed by atoms with Gasteiger partial charge in [0.1, 0.15) is 0 Å². The summed E-state index contributed by atoms with van der Waals surface area (Å²) in [6, 6.07) is -0.144. The van der Waals surface area contributed by atoms with Gasteiger partial charge in [-0.25, -0.2) is 13.1 Å². The molecule has 1 saturated heterocycles. The minimum atomic E-state index is -3.28. The molecule has 7 atom stereocenters. The van der Waals surface area contributed by atoms with Crippen molar-refractivity contribution >= 4 is 15.9 Å². The van der Waals surface area contributed by atoms with E-state index >= 15 is 0 Å². The predicted octanol–water partition coefficient (Wildman–Crippen LogP) is 2.38. The van der Waals surface area contributed by atoms with Crippen molar-refractivity contribution in [2.24, 2.45) is 29.1 Å². The first-order valence-electron chi connectivity index (χ1n) is 11.0. The molecule has 0 unspecified atom stereocenters. The maximum absolute atomic E-state index is 13.0. The van der Waals surface area contributed by atoms with E-state index in [0.717, 1.165) is 51.6 Å². The van der Waals surface area contributed by atoms with Gasteiger partial charge in [0.05, 0.1) is 12.4 Å². The highest BCUT2D eigenvalue weighted by Crippen LogP contribution is 2.55. The molecule has 162 valence electrons. The number of carbonyl (C=O) groups is 1. The van der Waals surface area contributed by atoms with Crippen LogP contribution in [-0.4, -0.2) is 55.8 Å². The van der Waals surface area contributed by atoms with E-state index in [9.17, 15) is 18.3 Å². The Morgan fingerprint density at radius 1 is 1.18 bits per heavy atom. The van der Waals surface area contributed by atoms with Gasteiger partial charge in [0.15, 0.2) is 0 Å². The van der Waals surface area contributed by atoms with Crippen molar-refractivity contribution in [3.8, 4) is 0 Å². The molecule has 1 amide bonds. The van der Waals surface area contributed by atoms with Gasteiger partial charge in [0.25, 0.3) is 0 Å². The highest BCUT2D eigenvalue weighted by Gasteiger charge is 2.54. The lowest BCUT2D eigenvalue weighted by atomic mass is 9.52. The lowest BCUT2D eigenvalue weighted by Crippen LogP contribution is -2.58. The Morgan fingerprint density at radius 2 is 1.79 bits per heavy atom. The Balaban J connectivity index is 1.76. The summed E-state index contributed by atoms with van der Waals surface area (Å²) >= 11 is 0. The molecule has 28 heavy (non-hydrogen) atoms. The van der Waals surface area contributed by atoms with Crippen LogP contribution in [0.25, 0.3) is 0 Å². The van der Waals surface area contributed by atoms with Crippen LogP contribution < -0.4 is 4.72 Å². The number of likely N-dealkylation sites (tertiary alicyclic amines) is 1. The zero-order valence-corrected chi connectivity index (χ0v) is 18.7. The van der Waals surface area contributed by atoms with Crippen molar-refractivity contribution in [3.63, 3.8) is 0 Å². The second-order valence-corrected chi connectivity index (χ2v) is 11.7. The third kappa shape index (κ3) is 4.41. The van der Waals surface area contributed by atoms with Gasteiger partial charge in [-0.3, -0.25) is 4.79 Å². The van der Waals surface area contributed by atoms with Gasteiger partial charge in [0.2, 0.25) is 15.9 Å². The summed E-state index contributed by atoms with van der Waals surface area (Å²) < 4.78 is 26.3. The lowest BCUT2D eigenvalue weighted by molar-refractivity contribution is -0.150. The number of nitrogens with one attached hydrogen (secondary N) is 1. The van der Waals surface area contributed by atoms with Crippen molar-refractivity contribution in [3.05, 3.63) is 0 Å². The summed E-state index contributed by atoms with van der Waals surface area (Å²) in [5, 5.41) is 11.4. The number of amides is 1. The number of aliphatic hydroxyl groups excluding tert-OH is 1. The van der Waals surface area contributed by atoms with Gasteiger partial charge in [-0.05, 0) is 68.1 Å². The molecule has 6 nitrogen and oxygen atoms in total. The van der Waals surface area contributed by atoms with Gasteiger partial charge in [-0.2, -0.15) is 0 Å². The fraction of sp³-hybridized carbons (Fsp3) is 0.952. The van der Waals surface area contributed by atoms with Crippen LogP contribution in [0.5, 0.6) is 0 Å². The van der Waals surface area contributed by atoms with Crippen molar-refractivity contribution in [1.29, 1.82) is 0 Å². The number of carbonyl (C=O) groups excluding carboxylic acids is 1. The van der Waals surface area contributed by atoms with Crippen molar-refractivity contribution < 1.29 is 18.3 Å². The van der Waals surface area contributed by atoms with Crippen LogP contribution in [0.3, 0.4) is 0 Å². The Kier molecular flexibility index (Phi) is 6.47. The molecular weight excluding hydrogens is 376 g/mol. The number of sulfonamides is 1. The Labute approximate surface area is 170 Å². The SMILES string of the molecule is C[C@H]1[C@@H]2[C@@H](O)[C@H]([C@H](C)C(=O)N3CCCCC3)CC[C@@]2(C)CC[C@@H]1NS(C)(=O)=O. The summed E-state index contributed by atoms with van der Waals surface area (Å²) in [6.45, 7) is 7.95. The van der Waals surface area contributed by atoms with Crippen molar-refractivity contribution in [2.75, 3.05) is 19.3 Å². The van der Waals surface area contributed by atoms with E-state index < -0.39 is 16.1 Å². The second kappa shape index (κ2) is 8.23. The van der Waals surface area contributed by atoms with Crippen LogP contribution in [0.15, 0.2) is 0 Å². The zero-order valence-electron chi connectivity index (χ0n) is 17.9. The number of rotatable bonds is 4. The van der Waals surface area contributed by atoms with E-state index in [1.165, 1.54) is 12.7 Å². The van der Waals surface area contributed by atoms with Crippen LogP contribution in [-0.2, 0) is 14.8 Å². The third-order valence-electron chi connectivity index (χ3n) is 7.95.